The van der Waals surface area contributed by atoms with Gasteiger partial charge < -0.3 is 4.74 Å². The normalized spacial score (nSPS) is 15.2. The summed E-state index contributed by atoms with van der Waals surface area (Å²) in [6.07, 6.45) is 1.08. The number of amides is 2. The van der Waals surface area contributed by atoms with Crippen LogP contribution in [0.5, 0.6) is 0 Å². The summed E-state index contributed by atoms with van der Waals surface area (Å²) in [5.74, 6) is -1.36. The molecular formula is C15H17NO4. The van der Waals surface area contributed by atoms with Crippen LogP contribution in [-0.2, 0) is 9.53 Å². The molecule has 1 aromatic rings. The van der Waals surface area contributed by atoms with E-state index in [0.29, 0.717) is 24.0 Å². The molecule has 1 heterocycles. The van der Waals surface area contributed by atoms with E-state index in [0.717, 1.165) is 4.90 Å². The Bertz CT molecular complexity index is 518. The van der Waals surface area contributed by atoms with Crippen molar-refractivity contribution in [1.82, 2.24) is 4.90 Å². The van der Waals surface area contributed by atoms with Crippen LogP contribution < -0.4 is 0 Å². The average Bonchev–Trinajstić information content (AvgIpc) is 2.70. The number of hydrogen-bond donors (Lipinski definition) is 0. The van der Waals surface area contributed by atoms with Crippen molar-refractivity contribution in [3.05, 3.63) is 35.4 Å². The van der Waals surface area contributed by atoms with Crippen molar-refractivity contribution in [3.63, 3.8) is 0 Å². The van der Waals surface area contributed by atoms with Crippen LogP contribution in [0.2, 0.25) is 0 Å². The van der Waals surface area contributed by atoms with Gasteiger partial charge in [-0.3, -0.25) is 14.5 Å². The Kier molecular flexibility index (Phi) is 4.17. The lowest BCUT2D eigenvalue weighted by Gasteiger charge is -2.23. The van der Waals surface area contributed by atoms with Gasteiger partial charge in [0.15, 0.2) is 0 Å². The predicted molar refractivity (Wildman–Crippen MR) is 72.3 cm³/mol. The molecule has 20 heavy (non-hydrogen) atoms. The van der Waals surface area contributed by atoms with E-state index in [-0.39, 0.29) is 6.61 Å². The number of ether oxygens (including phenoxy) is 1. The number of carbonyl (C=O) groups excluding carboxylic acids is 3. The van der Waals surface area contributed by atoms with Gasteiger partial charge in [-0.2, -0.15) is 0 Å². The van der Waals surface area contributed by atoms with Crippen molar-refractivity contribution in [2.75, 3.05) is 6.61 Å². The summed E-state index contributed by atoms with van der Waals surface area (Å²) in [7, 11) is 0. The molecule has 0 fully saturated rings. The number of hydrogen-bond acceptors (Lipinski definition) is 4. The van der Waals surface area contributed by atoms with Gasteiger partial charge in [0, 0.05) is 0 Å². The zero-order valence-corrected chi connectivity index (χ0v) is 11.6. The second-order valence-electron chi connectivity index (χ2n) is 4.58. The molecule has 0 radical (unpaired) electrons. The number of rotatable bonds is 5. The Morgan fingerprint density at radius 1 is 1.15 bits per heavy atom. The minimum absolute atomic E-state index is 0.224. The molecule has 2 rings (SSSR count). The molecule has 0 aromatic heterocycles. The van der Waals surface area contributed by atoms with Gasteiger partial charge in [-0.15, -0.1) is 0 Å². The number of benzene rings is 1. The summed E-state index contributed by atoms with van der Waals surface area (Å²) >= 11 is 0. The van der Waals surface area contributed by atoms with E-state index in [2.05, 4.69) is 0 Å². The fourth-order valence-corrected chi connectivity index (χ4v) is 2.36. The zero-order valence-electron chi connectivity index (χ0n) is 11.6. The minimum atomic E-state index is -0.840. The Hall–Kier alpha value is -2.17. The van der Waals surface area contributed by atoms with Gasteiger partial charge in [0.25, 0.3) is 11.8 Å². The third-order valence-electron chi connectivity index (χ3n) is 3.26. The maximum Gasteiger partial charge on any atom is 0.329 e. The number of carbonyl (C=O) groups is 3. The quantitative estimate of drug-likeness (QED) is 0.609. The molecule has 1 aliphatic heterocycles. The Morgan fingerprint density at radius 2 is 1.70 bits per heavy atom. The maximum absolute atomic E-state index is 12.3. The van der Waals surface area contributed by atoms with E-state index >= 15 is 0 Å². The average molecular weight is 275 g/mol. The van der Waals surface area contributed by atoms with Gasteiger partial charge in [0.2, 0.25) is 0 Å². The van der Waals surface area contributed by atoms with Crippen molar-refractivity contribution in [2.45, 2.75) is 32.7 Å². The van der Waals surface area contributed by atoms with Gasteiger partial charge in [-0.1, -0.05) is 25.5 Å². The molecule has 0 unspecified atom stereocenters. The highest BCUT2D eigenvalue weighted by Gasteiger charge is 2.42. The van der Waals surface area contributed by atoms with Crippen LogP contribution in [-0.4, -0.2) is 35.3 Å². The summed E-state index contributed by atoms with van der Waals surface area (Å²) in [6, 6.07) is 5.76. The Morgan fingerprint density at radius 3 is 2.15 bits per heavy atom. The monoisotopic (exact) mass is 275 g/mol. The van der Waals surface area contributed by atoms with Crippen molar-refractivity contribution in [1.29, 1.82) is 0 Å². The first-order valence-corrected chi connectivity index (χ1v) is 6.75. The van der Waals surface area contributed by atoms with Crippen LogP contribution in [0.1, 0.15) is 47.4 Å². The molecule has 0 aliphatic carbocycles. The van der Waals surface area contributed by atoms with E-state index < -0.39 is 23.8 Å². The Balaban J connectivity index is 2.34. The third-order valence-corrected chi connectivity index (χ3v) is 3.26. The van der Waals surface area contributed by atoms with E-state index in [1.807, 2.05) is 6.92 Å². The molecular weight excluding hydrogens is 258 g/mol. The lowest BCUT2D eigenvalue weighted by atomic mass is 10.1. The topological polar surface area (TPSA) is 63.7 Å². The first-order chi connectivity index (χ1) is 9.61. The number of fused-ring (bicyclic) bond motifs is 1. The SMILES string of the molecule is CCC[C@@H](C(=O)OCC)N1C(=O)c2ccccc2C1=O. The first-order valence-electron chi connectivity index (χ1n) is 6.75. The predicted octanol–water partition coefficient (Wildman–Crippen LogP) is 2.01. The molecule has 1 atom stereocenters. The van der Waals surface area contributed by atoms with Crippen molar-refractivity contribution < 1.29 is 19.1 Å². The molecule has 0 saturated heterocycles. The molecule has 0 bridgehead atoms. The molecule has 1 aromatic carbocycles. The second-order valence-corrected chi connectivity index (χ2v) is 4.58. The molecule has 5 nitrogen and oxygen atoms in total. The van der Waals surface area contributed by atoms with Crippen LogP contribution in [0.3, 0.4) is 0 Å². The highest BCUT2D eigenvalue weighted by molar-refractivity contribution is 6.22. The van der Waals surface area contributed by atoms with Gasteiger partial charge in [-0.05, 0) is 25.5 Å². The zero-order chi connectivity index (χ0) is 14.7. The van der Waals surface area contributed by atoms with Gasteiger partial charge in [0.05, 0.1) is 17.7 Å². The van der Waals surface area contributed by atoms with E-state index in [1.165, 1.54) is 0 Å². The van der Waals surface area contributed by atoms with E-state index in [9.17, 15) is 14.4 Å². The molecule has 1 aliphatic rings. The number of imide groups is 1. The molecule has 0 saturated carbocycles. The summed E-state index contributed by atoms with van der Waals surface area (Å²) in [5, 5.41) is 0. The van der Waals surface area contributed by atoms with Crippen molar-refractivity contribution >= 4 is 17.8 Å². The summed E-state index contributed by atoms with van der Waals surface area (Å²) in [4.78, 5) is 37.7. The lowest BCUT2D eigenvalue weighted by molar-refractivity contribution is -0.148. The summed E-state index contributed by atoms with van der Waals surface area (Å²) in [6.45, 7) is 3.82. The minimum Gasteiger partial charge on any atom is -0.464 e. The first kappa shape index (κ1) is 14.2. The molecule has 0 N–H and O–H groups in total. The van der Waals surface area contributed by atoms with Crippen LogP contribution in [0, 0.1) is 0 Å². The number of esters is 1. The van der Waals surface area contributed by atoms with Crippen molar-refractivity contribution in [3.8, 4) is 0 Å². The molecule has 2 amide bonds. The standard InChI is InChI=1S/C15H17NO4/c1-3-7-12(15(19)20-4-2)16-13(17)10-8-5-6-9-11(10)14(16)18/h5-6,8-9,12H,3-4,7H2,1-2H3/t12-/m0/s1. The smallest absolute Gasteiger partial charge is 0.329 e. The van der Waals surface area contributed by atoms with Crippen LogP contribution in [0.4, 0.5) is 0 Å². The van der Waals surface area contributed by atoms with Crippen LogP contribution >= 0.6 is 0 Å². The summed E-state index contributed by atoms with van der Waals surface area (Å²) < 4.78 is 4.98. The lowest BCUT2D eigenvalue weighted by Crippen LogP contribution is -2.45. The van der Waals surface area contributed by atoms with Gasteiger partial charge in [0.1, 0.15) is 6.04 Å². The third kappa shape index (κ3) is 2.31. The largest absolute Gasteiger partial charge is 0.464 e. The second kappa shape index (κ2) is 5.86. The maximum atomic E-state index is 12.3. The highest BCUT2D eigenvalue weighted by atomic mass is 16.5. The highest BCUT2D eigenvalue weighted by Crippen LogP contribution is 2.26. The van der Waals surface area contributed by atoms with Crippen molar-refractivity contribution in [2.24, 2.45) is 0 Å². The Labute approximate surface area is 117 Å². The van der Waals surface area contributed by atoms with Crippen LogP contribution in [0.15, 0.2) is 24.3 Å². The summed E-state index contributed by atoms with van der Waals surface area (Å²) in [5.41, 5.74) is 0.700. The molecule has 106 valence electrons. The van der Waals surface area contributed by atoms with E-state index in [1.54, 1.807) is 31.2 Å². The fourth-order valence-electron chi connectivity index (χ4n) is 2.36. The fraction of sp³-hybridized carbons (Fsp3) is 0.400. The van der Waals surface area contributed by atoms with E-state index in [4.69, 9.17) is 4.74 Å². The molecule has 5 heteroatoms. The molecule has 0 spiro atoms. The van der Waals surface area contributed by atoms with Gasteiger partial charge in [-0.25, -0.2) is 4.79 Å². The van der Waals surface area contributed by atoms with Gasteiger partial charge >= 0.3 is 5.97 Å². The number of nitrogens with zero attached hydrogens (tertiary/aromatic N) is 1. The van der Waals surface area contributed by atoms with Crippen LogP contribution in [0.25, 0.3) is 0 Å².